The van der Waals surface area contributed by atoms with Gasteiger partial charge in [-0.25, -0.2) is 13.2 Å². The van der Waals surface area contributed by atoms with E-state index in [1.807, 2.05) is 6.92 Å². The molecule has 0 amide bonds. The number of aliphatic carboxylic acids is 1. The van der Waals surface area contributed by atoms with Crippen molar-refractivity contribution < 1.29 is 23.1 Å². The zero-order chi connectivity index (χ0) is 20.3. The number of benzene rings is 1. The third-order valence-electron chi connectivity index (χ3n) is 3.97. The first-order valence-corrected chi connectivity index (χ1v) is 10.4. The molecule has 1 rings (SSSR count). The Kier molecular flexibility index (Phi) is 9.07. The van der Waals surface area contributed by atoms with E-state index in [1.54, 1.807) is 12.1 Å². The van der Waals surface area contributed by atoms with Crippen LogP contribution in [0.2, 0.25) is 0 Å². The standard InChI is InChI=1S/C17H26N4O5S/c1-3-4-13-27(24,25)20-17(2,16(22)23)14-7-9-15(10-8-14)26-12-6-5-11-19-21-18/h7-10,20H,3-6,11-13H2,1-2H3,(H,22,23). The Morgan fingerprint density at radius 2 is 1.96 bits per heavy atom. The fraction of sp³-hybridized carbons (Fsp3) is 0.588. The molecule has 9 nitrogen and oxygen atoms in total. The summed E-state index contributed by atoms with van der Waals surface area (Å²) in [6, 6.07) is 6.27. The van der Waals surface area contributed by atoms with Gasteiger partial charge in [0, 0.05) is 11.5 Å². The highest BCUT2D eigenvalue weighted by molar-refractivity contribution is 7.89. The van der Waals surface area contributed by atoms with Crippen LogP contribution in [0.25, 0.3) is 10.4 Å². The van der Waals surface area contributed by atoms with Gasteiger partial charge in [-0.1, -0.05) is 30.6 Å². The maximum absolute atomic E-state index is 12.2. The number of hydrogen-bond donors (Lipinski definition) is 2. The minimum Gasteiger partial charge on any atom is -0.494 e. The molecule has 10 heteroatoms. The van der Waals surface area contributed by atoms with Crippen LogP contribution in [0.4, 0.5) is 0 Å². The number of unbranched alkanes of at least 4 members (excludes halogenated alkanes) is 2. The lowest BCUT2D eigenvalue weighted by Gasteiger charge is -2.26. The number of sulfonamides is 1. The summed E-state index contributed by atoms with van der Waals surface area (Å²) in [5.74, 6) is -0.859. The van der Waals surface area contributed by atoms with Gasteiger partial charge >= 0.3 is 5.97 Å². The van der Waals surface area contributed by atoms with Crippen molar-refractivity contribution >= 4 is 16.0 Å². The lowest BCUT2D eigenvalue weighted by molar-refractivity contribution is -0.143. The molecule has 0 fully saturated rings. The van der Waals surface area contributed by atoms with E-state index in [2.05, 4.69) is 14.7 Å². The van der Waals surface area contributed by atoms with E-state index in [0.717, 1.165) is 0 Å². The number of carbonyl (C=O) groups is 1. The number of rotatable bonds is 13. The normalized spacial score (nSPS) is 13.4. The van der Waals surface area contributed by atoms with Crippen LogP contribution in [-0.4, -0.2) is 38.4 Å². The highest BCUT2D eigenvalue weighted by Gasteiger charge is 2.39. The van der Waals surface area contributed by atoms with Gasteiger partial charge in [0.15, 0.2) is 5.54 Å². The third-order valence-corrected chi connectivity index (χ3v) is 5.52. The Morgan fingerprint density at radius 1 is 1.30 bits per heavy atom. The average Bonchev–Trinajstić information content (AvgIpc) is 2.63. The van der Waals surface area contributed by atoms with E-state index in [0.29, 0.717) is 50.1 Å². The van der Waals surface area contributed by atoms with Crippen molar-refractivity contribution in [3.05, 3.63) is 40.3 Å². The maximum atomic E-state index is 12.2. The van der Waals surface area contributed by atoms with Crippen molar-refractivity contribution in [1.82, 2.24) is 4.72 Å². The lowest BCUT2D eigenvalue weighted by atomic mass is 9.93. The predicted molar refractivity (Wildman–Crippen MR) is 102 cm³/mol. The van der Waals surface area contributed by atoms with Crippen LogP contribution < -0.4 is 9.46 Å². The van der Waals surface area contributed by atoms with E-state index in [1.165, 1.54) is 19.1 Å². The molecular formula is C17H26N4O5S. The number of nitrogens with one attached hydrogen (secondary N) is 1. The minimum absolute atomic E-state index is 0.122. The smallest absolute Gasteiger partial charge is 0.329 e. The van der Waals surface area contributed by atoms with Crippen molar-refractivity contribution in [2.24, 2.45) is 5.11 Å². The van der Waals surface area contributed by atoms with Crippen LogP contribution in [0, 0.1) is 0 Å². The molecule has 0 heterocycles. The fourth-order valence-electron chi connectivity index (χ4n) is 2.33. The molecule has 0 spiro atoms. The van der Waals surface area contributed by atoms with E-state index >= 15 is 0 Å². The summed E-state index contributed by atoms with van der Waals surface area (Å²) in [6.07, 6.45) is 2.57. The Morgan fingerprint density at radius 3 is 2.52 bits per heavy atom. The van der Waals surface area contributed by atoms with E-state index in [9.17, 15) is 18.3 Å². The number of carboxylic acids is 1. The summed E-state index contributed by atoms with van der Waals surface area (Å²) in [7, 11) is -3.73. The highest BCUT2D eigenvalue weighted by Crippen LogP contribution is 2.25. The molecular weight excluding hydrogens is 372 g/mol. The zero-order valence-electron chi connectivity index (χ0n) is 15.6. The average molecular weight is 398 g/mol. The predicted octanol–water partition coefficient (Wildman–Crippen LogP) is 3.18. The van der Waals surface area contributed by atoms with Crippen LogP contribution in [0.5, 0.6) is 5.75 Å². The molecule has 0 aliphatic heterocycles. The van der Waals surface area contributed by atoms with Gasteiger partial charge in [-0.3, -0.25) is 0 Å². The van der Waals surface area contributed by atoms with Crippen molar-refractivity contribution in [1.29, 1.82) is 0 Å². The van der Waals surface area contributed by atoms with Gasteiger partial charge in [-0.05, 0) is 49.4 Å². The maximum Gasteiger partial charge on any atom is 0.329 e. The molecule has 0 saturated heterocycles. The molecule has 0 radical (unpaired) electrons. The minimum atomic E-state index is -3.73. The molecule has 1 atom stereocenters. The van der Waals surface area contributed by atoms with Crippen molar-refractivity contribution in [2.75, 3.05) is 18.9 Å². The molecule has 1 aromatic carbocycles. The zero-order valence-corrected chi connectivity index (χ0v) is 16.4. The molecule has 0 aliphatic rings. The SMILES string of the molecule is CCCCS(=O)(=O)NC(C)(C(=O)O)c1ccc(OCCCCN=[N+]=[N-])cc1. The highest BCUT2D eigenvalue weighted by atomic mass is 32.2. The summed E-state index contributed by atoms with van der Waals surface area (Å²) >= 11 is 0. The third kappa shape index (κ3) is 7.46. The summed E-state index contributed by atoms with van der Waals surface area (Å²) < 4.78 is 32.2. The number of carboxylic acid groups (broad SMARTS) is 1. The molecule has 1 aromatic rings. The van der Waals surface area contributed by atoms with Gasteiger partial charge < -0.3 is 9.84 Å². The van der Waals surface area contributed by atoms with E-state index in [4.69, 9.17) is 10.3 Å². The first-order chi connectivity index (χ1) is 12.7. The summed E-state index contributed by atoms with van der Waals surface area (Å²) in [5, 5.41) is 13.0. The van der Waals surface area contributed by atoms with Gasteiger partial charge in [0.25, 0.3) is 0 Å². The number of hydrogen-bond acceptors (Lipinski definition) is 5. The van der Waals surface area contributed by atoms with E-state index in [-0.39, 0.29) is 5.75 Å². The van der Waals surface area contributed by atoms with Crippen molar-refractivity contribution in [3.63, 3.8) is 0 Å². The second-order valence-electron chi connectivity index (χ2n) is 6.24. The monoisotopic (exact) mass is 398 g/mol. The van der Waals surface area contributed by atoms with Crippen LogP contribution in [-0.2, 0) is 20.4 Å². The fourth-order valence-corrected chi connectivity index (χ4v) is 3.92. The van der Waals surface area contributed by atoms with Crippen molar-refractivity contribution in [3.8, 4) is 5.75 Å². The Hall–Kier alpha value is -2.29. The van der Waals surface area contributed by atoms with Gasteiger partial charge in [0.05, 0.1) is 12.4 Å². The number of azide groups is 1. The number of nitrogens with zero attached hydrogens (tertiary/aromatic N) is 3. The van der Waals surface area contributed by atoms with Gasteiger partial charge in [0.2, 0.25) is 10.0 Å². The van der Waals surface area contributed by atoms with Crippen LogP contribution >= 0.6 is 0 Å². The van der Waals surface area contributed by atoms with Gasteiger partial charge in [0.1, 0.15) is 5.75 Å². The van der Waals surface area contributed by atoms with Crippen molar-refractivity contribution in [2.45, 2.75) is 45.1 Å². The molecule has 0 saturated carbocycles. The summed E-state index contributed by atoms with van der Waals surface area (Å²) in [6.45, 7) is 4.03. The molecule has 0 aliphatic carbocycles. The molecule has 0 bridgehead atoms. The molecule has 0 aromatic heterocycles. The summed E-state index contributed by atoms with van der Waals surface area (Å²) in [5.41, 5.74) is 6.73. The summed E-state index contributed by atoms with van der Waals surface area (Å²) in [4.78, 5) is 14.4. The Balaban J connectivity index is 2.79. The van der Waals surface area contributed by atoms with E-state index < -0.39 is 21.5 Å². The Labute approximate surface area is 159 Å². The first kappa shape index (κ1) is 22.8. The number of ether oxygens (including phenoxy) is 1. The quantitative estimate of drug-likeness (QED) is 0.227. The first-order valence-electron chi connectivity index (χ1n) is 8.74. The Bertz CT molecular complexity index is 760. The van der Waals surface area contributed by atoms with Gasteiger partial charge in [-0.2, -0.15) is 4.72 Å². The van der Waals surface area contributed by atoms with Crippen LogP contribution in [0.1, 0.15) is 45.1 Å². The van der Waals surface area contributed by atoms with Crippen LogP contribution in [0.3, 0.4) is 0 Å². The molecule has 150 valence electrons. The van der Waals surface area contributed by atoms with Gasteiger partial charge in [-0.15, -0.1) is 0 Å². The second kappa shape index (κ2) is 10.8. The molecule has 1 unspecified atom stereocenters. The lowest BCUT2D eigenvalue weighted by Crippen LogP contribution is -2.50. The molecule has 2 N–H and O–H groups in total. The topological polar surface area (TPSA) is 141 Å². The second-order valence-corrected chi connectivity index (χ2v) is 8.08. The largest absolute Gasteiger partial charge is 0.494 e. The molecule has 27 heavy (non-hydrogen) atoms. The van der Waals surface area contributed by atoms with Crippen LogP contribution in [0.15, 0.2) is 29.4 Å².